The molecule has 0 unspecified atom stereocenters. The lowest BCUT2D eigenvalue weighted by molar-refractivity contribution is -0.299. The molecule has 0 aliphatic heterocycles. The zero-order valence-electron chi connectivity index (χ0n) is 7.02. The summed E-state index contributed by atoms with van der Waals surface area (Å²) in [6.07, 6.45) is 0.444. The first kappa shape index (κ1) is 9.81. The van der Waals surface area contributed by atoms with E-state index in [4.69, 9.17) is 0 Å². The summed E-state index contributed by atoms with van der Waals surface area (Å²) in [6, 6.07) is 0. The number of carboxylic acid groups (broad SMARTS) is 1. The largest absolute Gasteiger partial charge is 0.545 e. The van der Waals surface area contributed by atoms with E-state index >= 15 is 0 Å². The molecule has 4 nitrogen and oxygen atoms in total. The first-order chi connectivity index (χ1) is 5.17. The van der Waals surface area contributed by atoms with Gasteiger partial charge in [-0.25, -0.2) is 0 Å². The van der Waals surface area contributed by atoms with Crippen LogP contribution in [0.5, 0.6) is 0 Å². The van der Waals surface area contributed by atoms with Crippen LogP contribution in [0.25, 0.3) is 0 Å². The topological polar surface area (TPSA) is 64.2 Å². The summed E-state index contributed by atoms with van der Waals surface area (Å²) >= 11 is 0. The van der Waals surface area contributed by atoms with Crippen molar-refractivity contribution in [3.63, 3.8) is 0 Å². The highest BCUT2D eigenvalue weighted by molar-refractivity contribution is 5.85. The lowest BCUT2D eigenvalue weighted by atomic mass is 10.2. The van der Waals surface area contributed by atoms with Gasteiger partial charge in [0.1, 0.15) is 5.82 Å². The Morgan fingerprint density at radius 1 is 1.36 bits per heavy atom. The highest BCUT2D eigenvalue weighted by Gasteiger charge is 2.01. The molecule has 0 aliphatic rings. The zero-order chi connectivity index (χ0) is 8.85. The van der Waals surface area contributed by atoms with E-state index < -0.39 is 5.97 Å². The van der Waals surface area contributed by atoms with E-state index in [1.807, 2.05) is 0 Å². The average molecular weight is 157 g/mol. The summed E-state index contributed by atoms with van der Waals surface area (Å²) in [5, 5.41) is 15.9. The van der Waals surface area contributed by atoms with Crippen LogP contribution in [0.3, 0.4) is 0 Å². The van der Waals surface area contributed by atoms with Crippen molar-refractivity contribution in [3.8, 4) is 0 Å². The van der Waals surface area contributed by atoms with Crippen LogP contribution in [0.4, 0.5) is 0 Å². The van der Waals surface area contributed by atoms with Gasteiger partial charge in [0, 0.05) is 19.7 Å². The van der Waals surface area contributed by atoms with Crippen molar-refractivity contribution < 1.29 is 9.90 Å². The zero-order valence-corrected chi connectivity index (χ0v) is 7.02. The minimum absolute atomic E-state index is 0.259. The predicted molar refractivity (Wildman–Crippen MR) is 40.4 cm³/mol. The number of carbonyl (C=O) groups is 1. The van der Waals surface area contributed by atoms with Crippen LogP contribution < -0.4 is 15.7 Å². The molecule has 0 heterocycles. The number of hydrogen-bond acceptors (Lipinski definition) is 4. The van der Waals surface area contributed by atoms with Gasteiger partial charge >= 0.3 is 0 Å². The van der Waals surface area contributed by atoms with Gasteiger partial charge in [-0.1, -0.05) is 6.92 Å². The Bertz CT molecular complexity index is 169. The first-order valence-electron chi connectivity index (χ1n) is 3.47. The molecule has 0 fully saturated rings. The maximum atomic E-state index is 10.4. The van der Waals surface area contributed by atoms with Crippen molar-refractivity contribution in [2.75, 3.05) is 14.1 Å². The monoisotopic (exact) mass is 157 g/mol. The quantitative estimate of drug-likeness (QED) is 0.503. The lowest BCUT2D eigenvalue weighted by Gasteiger charge is -2.13. The maximum absolute atomic E-state index is 10.4. The molecule has 0 saturated carbocycles. The summed E-state index contributed by atoms with van der Waals surface area (Å²) in [5.74, 6) is -0.626. The molecule has 64 valence electrons. The third-order valence-corrected chi connectivity index (χ3v) is 1.40. The Labute approximate surface area is 66.3 Å². The van der Waals surface area contributed by atoms with Crippen molar-refractivity contribution in [1.29, 1.82) is 0 Å². The molecule has 4 heteroatoms. The number of aliphatic carboxylic acids is 1. The standard InChI is InChI=1S/C7H14N2O2/c1-4-5(7(10)11)6(8-2)9-3/h8-9H,4H2,1-3H3,(H,10,11)/p-1. The minimum atomic E-state index is -1.13. The molecule has 0 atom stereocenters. The van der Waals surface area contributed by atoms with Crippen molar-refractivity contribution >= 4 is 5.97 Å². The maximum Gasteiger partial charge on any atom is 0.103 e. The van der Waals surface area contributed by atoms with Crippen molar-refractivity contribution in [1.82, 2.24) is 10.6 Å². The highest BCUT2D eigenvalue weighted by atomic mass is 16.4. The van der Waals surface area contributed by atoms with E-state index in [-0.39, 0.29) is 5.57 Å². The van der Waals surface area contributed by atoms with Gasteiger partial charge in [0.2, 0.25) is 0 Å². The van der Waals surface area contributed by atoms with E-state index in [0.29, 0.717) is 12.2 Å². The molecule has 0 aromatic rings. The number of hydrogen-bond donors (Lipinski definition) is 2. The Morgan fingerprint density at radius 3 is 1.91 bits per heavy atom. The molecular weight excluding hydrogens is 144 g/mol. The molecule has 0 aromatic carbocycles. The number of rotatable bonds is 4. The van der Waals surface area contributed by atoms with Gasteiger partial charge in [0.25, 0.3) is 0 Å². The third-order valence-electron chi connectivity index (χ3n) is 1.40. The highest BCUT2D eigenvalue weighted by Crippen LogP contribution is 2.01. The second-order valence-corrected chi connectivity index (χ2v) is 1.99. The molecule has 11 heavy (non-hydrogen) atoms. The number of nitrogens with one attached hydrogen (secondary N) is 2. The van der Waals surface area contributed by atoms with Crippen LogP contribution in [0, 0.1) is 0 Å². The molecule has 0 aromatic heterocycles. The normalized spacial score (nSPS) is 8.64. The Balaban J connectivity index is 4.62. The van der Waals surface area contributed by atoms with Crippen molar-refractivity contribution in [2.24, 2.45) is 0 Å². The minimum Gasteiger partial charge on any atom is -0.545 e. The fourth-order valence-corrected chi connectivity index (χ4v) is 0.850. The fourth-order valence-electron chi connectivity index (χ4n) is 0.850. The van der Waals surface area contributed by atoms with Crippen LogP contribution in [0.2, 0.25) is 0 Å². The van der Waals surface area contributed by atoms with Gasteiger partial charge in [-0.2, -0.15) is 0 Å². The molecule has 0 bridgehead atoms. The lowest BCUT2D eigenvalue weighted by Crippen LogP contribution is -2.31. The second-order valence-electron chi connectivity index (χ2n) is 1.99. The van der Waals surface area contributed by atoms with Gasteiger partial charge in [-0.3, -0.25) is 0 Å². The van der Waals surface area contributed by atoms with Gasteiger partial charge in [-0.05, 0) is 6.42 Å². The summed E-state index contributed by atoms with van der Waals surface area (Å²) in [4.78, 5) is 10.4. The second kappa shape index (κ2) is 4.60. The predicted octanol–water partition coefficient (Wildman–Crippen LogP) is -1.20. The van der Waals surface area contributed by atoms with Crippen LogP contribution in [0.15, 0.2) is 11.4 Å². The van der Waals surface area contributed by atoms with E-state index in [1.165, 1.54) is 0 Å². The van der Waals surface area contributed by atoms with Crippen LogP contribution in [-0.4, -0.2) is 20.1 Å². The third kappa shape index (κ3) is 2.49. The average Bonchev–Trinajstić information content (AvgIpc) is 1.99. The van der Waals surface area contributed by atoms with Crippen molar-refractivity contribution in [3.05, 3.63) is 11.4 Å². The smallest absolute Gasteiger partial charge is 0.103 e. The van der Waals surface area contributed by atoms with E-state index in [2.05, 4.69) is 10.6 Å². The summed E-state index contributed by atoms with van der Waals surface area (Å²) in [6.45, 7) is 1.76. The fraction of sp³-hybridized carbons (Fsp3) is 0.571. The van der Waals surface area contributed by atoms with Gasteiger partial charge in [0.05, 0.1) is 5.97 Å². The summed E-state index contributed by atoms with van der Waals surface area (Å²) in [5.41, 5.74) is 0.259. The van der Waals surface area contributed by atoms with Gasteiger partial charge in [0.15, 0.2) is 0 Å². The summed E-state index contributed by atoms with van der Waals surface area (Å²) < 4.78 is 0. The molecule has 0 aliphatic carbocycles. The molecule has 0 amide bonds. The Kier molecular flexibility index (Phi) is 4.10. The molecule has 2 N–H and O–H groups in total. The molecule has 0 spiro atoms. The molecule has 0 rings (SSSR count). The molecular formula is C7H13N2O2-. The van der Waals surface area contributed by atoms with E-state index in [9.17, 15) is 9.90 Å². The van der Waals surface area contributed by atoms with E-state index in [0.717, 1.165) is 0 Å². The van der Waals surface area contributed by atoms with Gasteiger partial charge < -0.3 is 20.5 Å². The van der Waals surface area contributed by atoms with Crippen LogP contribution in [-0.2, 0) is 4.79 Å². The van der Waals surface area contributed by atoms with Crippen LogP contribution >= 0.6 is 0 Å². The molecule has 0 saturated heterocycles. The Morgan fingerprint density at radius 2 is 1.82 bits per heavy atom. The van der Waals surface area contributed by atoms with E-state index in [1.54, 1.807) is 21.0 Å². The van der Waals surface area contributed by atoms with Gasteiger partial charge in [-0.15, -0.1) is 0 Å². The number of carboxylic acids is 1. The molecule has 0 radical (unpaired) electrons. The van der Waals surface area contributed by atoms with Crippen LogP contribution in [0.1, 0.15) is 13.3 Å². The Hall–Kier alpha value is -1.19. The first-order valence-corrected chi connectivity index (χ1v) is 3.47. The summed E-state index contributed by atoms with van der Waals surface area (Å²) in [7, 11) is 3.31. The van der Waals surface area contributed by atoms with Crippen molar-refractivity contribution in [2.45, 2.75) is 13.3 Å². The number of carbonyl (C=O) groups excluding carboxylic acids is 1. The SMILES string of the molecule is CCC(C(=O)[O-])=C(NC)NC.